The minimum atomic E-state index is 0.486. The van der Waals surface area contributed by atoms with Crippen LogP contribution in [0.25, 0.3) is 44.2 Å². The molecule has 7 heteroatoms. The Kier molecular flexibility index (Phi) is 3.85. The molecule has 0 radical (unpaired) electrons. The van der Waals surface area contributed by atoms with Gasteiger partial charge in [0.15, 0.2) is 5.82 Å². The summed E-state index contributed by atoms with van der Waals surface area (Å²) in [7, 11) is 0. The average Bonchev–Trinajstić information content (AvgIpc) is 3.16. The smallest absolute Gasteiger partial charge is 0.163 e. The second kappa shape index (κ2) is 6.96. The summed E-state index contributed by atoms with van der Waals surface area (Å²) in [4.78, 5) is 22.9. The topological polar surface area (TPSA) is 91.4 Å². The van der Waals surface area contributed by atoms with Gasteiger partial charge in [-0.15, -0.1) is 0 Å². The van der Waals surface area contributed by atoms with E-state index in [0.29, 0.717) is 23.8 Å². The van der Waals surface area contributed by atoms with Crippen LogP contribution in [0.2, 0.25) is 0 Å². The van der Waals surface area contributed by atoms with Crippen LogP contribution in [-0.2, 0) is 0 Å². The lowest BCUT2D eigenvalue weighted by Crippen LogP contribution is -2.22. The summed E-state index contributed by atoms with van der Waals surface area (Å²) in [5.41, 5.74) is 5.16. The number of fused-ring (bicyclic) bond motifs is 5. The number of piperidine rings is 1. The van der Waals surface area contributed by atoms with Gasteiger partial charge in [0.2, 0.25) is 0 Å². The lowest BCUT2D eigenvalue weighted by Gasteiger charge is -2.27. The summed E-state index contributed by atoms with van der Waals surface area (Å²) >= 11 is 0. The van der Waals surface area contributed by atoms with Crippen molar-refractivity contribution in [2.75, 3.05) is 18.4 Å². The number of pyridine rings is 2. The molecule has 5 heterocycles. The normalized spacial score (nSPS) is 23.9. The zero-order valence-electron chi connectivity index (χ0n) is 18.8. The van der Waals surface area contributed by atoms with E-state index >= 15 is 0 Å². The highest BCUT2D eigenvalue weighted by Gasteiger charge is 2.53. The maximum absolute atomic E-state index is 5.20. The van der Waals surface area contributed by atoms with Gasteiger partial charge in [-0.2, -0.15) is 0 Å². The summed E-state index contributed by atoms with van der Waals surface area (Å²) in [6, 6.07) is 10.8. The number of anilines is 1. The first-order chi connectivity index (χ1) is 16.8. The SMILES string of the molecule is c1ccc2c(c1)[nH]c1nccc(-c3nc(N[C@@H]4C5CNC[C@H]54)c4c(C5CCC5)cncc4n3)c12. The molecule has 1 unspecified atom stereocenters. The van der Waals surface area contributed by atoms with Gasteiger partial charge < -0.3 is 15.6 Å². The van der Waals surface area contributed by atoms with Crippen molar-refractivity contribution >= 4 is 38.7 Å². The monoisotopic (exact) mass is 447 g/mol. The van der Waals surface area contributed by atoms with E-state index < -0.39 is 0 Å². The van der Waals surface area contributed by atoms with Gasteiger partial charge in [0.1, 0.15) is 11.5 Å². The van der Waals surface area contributed by atoms with Crippen LogP contribution in [-0.4, -0.2) is 44.1 Å². The Bertz CT molecular complexity index is 1570. The summed E-state index contributed by atoms with van der Waals surface area (Å²) in [6.07, 6.45) is 9.52. The molecule has 3 fully saturated rings. The van der Waals surface area contributed by atoms with Crippen molar-refractivity contribution in [1.82, 2.24) is 30.2 Å². The fraction of sp³-hybridized carbons (Fsp3) is 0.333. The number of para-hydroxylation sites is 1. The number of rotatable bonds is 4. The summed E-state index contributed by atoms with van der Waals surface area (Å²) in [6.45, 7) is 2.19. The van der Waals surface area contributed by atoms with Crippen LogP contribution in [0.1, 0.15) is 30.7 Å². The second-order valence-electron chi connectivity index (χ2n) is 10.1. The van der Waals surface area contributed by atoms with Crippen LogP contribution in [0.15, 0.2) is 48.9 Å². The molecule has 4 aromatic heterocycles. The summed E-state index contributed by atoms with van der Waals surface area (Å²) < 4.78 is 0. The van der Waals surface area contributed by atoms with Gasteiger partial charge in [-0.1, -0.05) is 24.6 Å². The van der Waals surface area contributed by atoms with Crippen LogP contribution in [0.4, 0.5) is 5.82 Å². The standard InChI is InChI=1S/C27H25N7/c1-2-7-20-15(6-1)22-16(8-9-30-26(22)31-20)25-32-21-13-29-10-17(14-4-3-5-14)23(21)27(34-25)33-24-18-11-28-12-19(18)24/h1-2,6-10,13-14,18-19,24,28H,3-5,11-12H2,(H,30,31)(H,32,33,34)/t18-,19?,24+/m1/s1. The van der Waals surface area contributed by atoms with Crippen molar-refractivity contribution in [3.05, 3.63) is 54.5 Å². The number of hydrogen-bond acceptors (Lipinski definition) is 6. The highest BCUT2D eigenvalue weighted by atomic mass is 15.1. The van der Waals surface area contributed by atoms with E-state index in [-0.39, 0.29) is 0 Å². The van der Waals surface area contributed by atoms with E-state index in [1.165, 1.54) is 24.8 Å². The lowest BCUT2D eigenvalue weighted by molar-refractivity contribution is 0.421. The summed E-state index contributed by atoms with van der Waals surface area (Å²) in [5.74, 6) is 3.65. The maximum Gasteiger partial charge on any atom is 0.163 e. The zero-order chi connectivity index (χ0) is 22.2. The third-order valence-corrected chi connectivity index (χ3v) is 8.22. The minimum absolute atomic E-state index is 0.486. The number of benzene rings is 1. The summed E-state index contributed by atoms with van der Waals surface area (Å²) in [5, 5.41) is 10.7. The molecule has 1 aliphatic heterocycles. The number of H-pyrrole nitrogens is 1. The van der Waals surface area contributed by atoms with E-state index in [1.807, 2.05) is 30.7 Å². The quantitative estimate of drug-likeness (QED) is 0.372. The van der Waals surface area contributed by atoms with Crippen molar-refractivity contribution in [1.29, 1.82) is 0 Å². The van der Waals surface area contributed by atoms with Gasteiger partial charge in [-0.25, -0.2) is 15.0 Å². The third kappa shape index (κ3) is 2.67. The lowest BCUT2D eigenvalue weighted by atomic mass is 9.79. The molecule has 3 aliphatic rings. The molecule has 168 valence electrons. The average molecular weight is 448 g/mol. The predicted molar refractivity (Wildman–Crippen MR) is 134 cm³/mol. The number of hydrogen-bond donors (Lipinski definition) is 3. The molecule has 0 spiro atoms. The molecule has 0 amide bonds. The van der Waals surface area contributed by atoms with E-state index in [1.54, 1.807) is 0 Å². The third-order valence-electron chi connectivity index (χ3n) is 8.22. The molecule has 3 atom stereocenters. The van der Waals surface area contributed by atoms with E-state index in [4.69, 9.17) is 9.97 Å². The minimum Gasteiger partial charge on any atom is -0.366 e. The highest BCUT2D eigenvalue weighted by molar-refractivity contribution is 6.12. The van der Waals surface area contributed by atoms with E-state index in [9.17, 15) is 0 Å². The first-order valence-corrected chi connectivity index (χ1v) is 12.3. The van der Waals surface area contributed by atoms with Gasteiger partial charge in [0.25, 0.3) is 0 Å². The Balaban J connectivity index is 1.35. The van der Waals surface area contributed by atoms with Crippen molar-refractivity contribution in [2.45, 2.75) is 31.2 Å². The molecule has 2 saturated carbocycles. The Labute approximate surface area is 196 Å². The second-order valence-corrected chi connectivity index (χ2v) is 10.1. The molecule has 2 aliphatic carbocycles. The van der Waals surface area contributed by atoms with E-state index in [0.717, 1.165) is 63.1 Å². The molecule has 8 rings (SSSR count). The Hall–Kier alpha value is -3.58. The highest BCUT2D eigenvalue weighted by Crippen LogP contribution is 2.46. The Morgan fingerprint density at radius 2 is 1.82 bits per heavy atom. The van der Waals surface area contributed by atoms with Crippen LogP contribution in [0.5, 0.6) is 0 Å². The number of aromatic amines is 1. The molecular formula is C27H25N7. The van der Waals surface area contributed by atoms with Gasteiger partial charge in [0.05, 0.1) is 11.7 Å². The van der Waals surface area contributed by atoms with Gasteiger partial charge >= 0.3 is 0 Å². The maximum atomic E-state index is 5.20. The molecule has 1 saturated heterocycles. The number of nitrogens with one attached hydrogen (secondary N) is 3. The first-order valence-electron chi connectivity index (χ1n) is 12.3. The molecular weight excluding hydrogens is 422 g/mol. The molecule has 1 aromatic carbocycles. The Morgan fingerprint density at radius 1 is 0.941 bits per heavy atom. The largest absolute Gasteiger partial charge is 0.366 e. The fourth-order valence-electron chi connectivity index (χ4n) is 6.11. The van der Waals surface area contributed by atoms with Crippen molar-refractivity contribution in [2.24, 2.45) is 11.8 Å². The van der Waals surface area contributed by atoms with Crippen LogP contribution < -0.4 is 10.6 Å². The number of aromatic nitrogens is 5. The van der Waals surface area contributed by atoms with Gasteiger partial charge in [-0.05, 0) is 48.3 Å². The predicted octanol–water partition coefficient (Wildman–Crippen LogP) is 4.62. The molecule has 7 nitrogen and oxygen atoms in total. The molecule has 0 bridgehead atoms. The van der Waals surface area contributed by atoms with E-state index in [2.05, 4.69) is 43.8 Å². The molecule has 5 aromatic rings. The van der Waals surface area contributed by atoms with Crippen LogP contribution in [0, 0.1) is 11.8 Å². The van der Waals surface area contributed by atoms with Crippen molar-refractivity contribution < 1.29 is 0 Å². The Morgan fingerprint density at radius 3 is 2.68 bits per heavy atom. The van der Waals surface area contributed by atoms with Crippen molar-refractivity contribution in [3.8, 4) is 11.4 Å². The number of nitrogens with zero attached hydrogens (tertiary/aromatic N) is 4. The van der Waals surface area contributed by atoms with Crippen LogP contribution >= 0.6 is 0 Å². The first kappa shape index (κ1) is 18.8. The fourth-order valence-corrected chi connectivity index (χ4v) is 6.11. The zero-order valence-corrected chi connectivity index (χ0v) is 18.8. The van der Waals surface area contributed by atoms with Crippen LogP contribution in [0.3, 0.4) is 0 Å². The van der Waals surface area contributed by atoms with Crippen molar-refractivity contribution in [3.63, 3.8) is 0 Å². The van der Waals surface area contributed by atoms with Gasteiger partial charge in [-0.3, -0.25) is 4.98 Å². The molecule has 34 heavy (non-hydrogen) atoms. The van der Waals surface area contributed by atoms with Gasteiger partial charge in [0, 0.05) is 58.8 Å². The molecule has 3 N–H and O–H groups in total.